The zero-order chi connectivity index (χ0) is 16.3. The third-order valence-corrected chi connectivity index (χ3v) is 4.13. The van der Waals surface area contributed by atoms with Crippen LogP contribution in [0.4, 0.5) is 0 Å². The van der Waals surface area contributed by atoms with Crippen LogP contribution in [-0.2, 0) is 4.79 Å². The van der Waals surface area contributed by atoms with Crippen molar-refractivity contribution in [1.82, 2.24) is 14.7 Å². The minimum absolute atomic E-state index is 0.155. The minimum Gasteiger partial charge on any atom is -0.480 e. The van der Waals surface area contributed by atoms with E-state index in [9.17, 15) is 14.4 Å². The van der Waals surface area contributed by atoms with Gasteiger partial charge in [0.25, 0.3) is 11.5 Å². The maximum Gasteiger partial charge on any atom is 0.326 e. The van der Waals surface area contributed by atoms with Gasteiger partial charge in [-0.2, -0.15) is 0 Å². The third-order valence-electron chi connectivity index (χ3n) is 3.22. The molecule has 1 atom stereocenters. The van der Waals surface area contributed by atoms with E-state index in [1.165, 1.54) is 21.9 Å². The SMILES string of the molecule is CCCC[C@H](NC(=O)c1cnc2sc(C)cn2c1=O)C(=O)O. The number of carboxylic acid groups (broad SMARTS) is 1. The molecule has 0 bridgehead atoms. The fourth-order valence-corrected chi connectivity index (χ4v) is 2.84. The molecule has 2 N–H and O–H groups in total. The number of carbonyl (C=O) groups is 2. The number of unbranched alkanes of at least 4 members (excludes halogenated alkanes) is 1. The summed E-state index contributed by atoms with van der Waals surface area (Å²) in [4.78, 5) is 41.1. The van der Waals surface area contributed by atoms with Crippen molar-refractivity contribution in [3.63, 3.8) is 0 Å². The van der Waals surface area contributed by atoms with Crippen LogP contribution in [0.2, 0.25) is 0 Å². The van der Waals surface area contributed by atoms with Gasteiger partial charge >= 0.3 is 5.97 Å². The molecule has 0 fully saturated rings. The summed E-state index contributed by atoms with van der Waals surface area (Å²) in [6.45, 7) is 3.77. The van der Waals surface area contributed by atoms with Gasteiger partial charge < -0.3 is 10.4 Å². The molecule has 0 aromatic carbocycles. The van der Waals surface area contributed by atoms with E-state index in [1.54, 1.807) is 6.20 Å². The van der Waals surface area contributed by atoms with E-state index in [0.29, 0.717) is 17.8 Å². The van der Waals surface area contributed by atoms with Gasteiger partial charge in [-0.15, -0.1) is 11.3 Å². The van der Waals surface area contributed by atoms with Crippen molar-refractivity contribution in [2.24, 2.45) is 0 Å². The van der Waals surface area contributed by atoms with E-state index in [-0.39, 0.29) is 5.56 Å². The van der Waals surface area contributed by atoms with Crippen LogP contribution in [-0.4, -0.2) is 32.4 Å². The molecule has 0 aliphatic carbocycles. The molecule has 2 rings (SSSR count). The van der Waals surface area contributed by atoms with Crippen LogP contribution in [0.5, 0.6) is 0 Å². The van der Waals surface area contributed by atoms with Crippen molar-refractivity contribution < 1.29 is 14.7 Å². The molecule has 0 spiro atoms. The van der Waals surface area contributed by atoms with E-state index in [2.05, 4.69) is 10.3 Å². The van der Waals surface area contributed by atoms with Gasteiger partial charge in [-0.1, -0.05) is 19.8 Å². The lowest BCUT2D eigenvalue weighted by Crippen LogP contribution is -2.42. The molecule has 0 unspecified atom stereocenters. The van der Waals surface area contributed by atoms with Gasteiger partial charge in [0.05, 0.1) is 0 Å². The smallest absolute Gasteiger partial charge is 0.326 e. The van der Waals surface area contributed by atoms with Crippen LogP contribution in [0.25, 0.3) is 4.96 Å². The number of carboxylic acids is 1. The maximum atomic E-state index is 12.3. The number of fused-ring (bicyclic) bond motifs is 1. The van der Waals surface area contributed by atoms with Gasteiger partial charge in [0.1, 0.15) is 11.6 Å². The zero-order valence-corrected chi connectivity index (χ0v) is 13.1. The third kappa shape index (κ3) is 3.33. The summed E-state index contributed by atoms with van der Waals surface area (Å²) in [5.41, 5.74) is -0.649. The van der Waals surface area contributed by atoms with Gasteiger partial charge in [-0.3, -0.25) is 14.0 Å². The summed E-state index contributed by atoms with van der Waals surface area (Å²) >= 11 is 1.34. The number of hydrogen-bond acceptors (Lipinski definition) is 5. The Morgan fingerprint density at radius 1 is 1.50 bits per heavy atom. The van der Waals surface area contributed by atoms with E-state index < -0.39 is 23.5 Å². The van der Waals surface area contributed by atoms with Crippen molar-refractivity contribution in [3.05, 3.63) is 33.2 Å². The second kappa shape index (κ2) is 6.69. The van der Waals surface area contributed by atoms with Gasteiger partial charge in [-0.05, 0) is 13.3 Å². The molecule has 0 saturated heterocycles. The Kier molecular flexibility index (Phi) is 4.92. The van der Waals surface area contributed by atoms with Gasteiger partial charge in [0.2, 0.25) is 0 Å². The number of aliphatic carboxylic acids is 1. The fourth-order valence-electron chi connectivity index (χ4n) is 2.05. The topological polar surface area (TPSA) is 101 Å². The molecular weight excluding hydrogens is 306 g/mol. The highest BCUT2D eigenvalue weighted by atomic mass is 32.1. The molecule has 22 heavy (non-hydrogen) atoms. The Hall–Kier alpha value is -2.22. The first-order valence-electron chi connectivity index (χ1n) is 6.95. The molecule has 0 aliphatic heterocycles. The monoisotopic (exact) mass is 323 g/mol. The summed E-state index contributed by atoms with van der Waals surface area (Å²) < 4.78 is 1.30. The molecule has 0 saturated carbocycles. The lowest BCUT2D eigenvalue weighted by molar-refractivity contribution is -0.139. The number of nitrogens with zero attached hydrogens (tertiary/aromatic N) is 2. The predicted octanol–water partition coefficient (Wildman–Crippen LogP) is 1.44. The van der Waals surface area contributed by atoms with Crippen LogP contribution >= 0.6 is 11.3 Å². The van der Waals surface area contributed by atoms with Crippen molar-refractivity contribution in [1.29, 1.82) is 0 Å². The largest absolute Gasteiger partial charge is 0.480 e. The average Bonchev–Trinajstić information content (AvgIpc) is 2.84. The average molecular weight is 323 g/mol. The Balaban J connectivity index is 2.27. The number of aromatic nitrogens is 2. The van der Waals surface area contributed by atoms with Crippen LogP contribution < -0.4 is 10.9 Å². The summed E-state index contributed by atoms with van der Waals surface area (Å²) in [6, 6.07) is -1.00. The molecular formula is C14H17N3O4S. The van der Waals surface area contributed by atoms with Crippen molar-refractivity contribution in [2.75, 3.05) is 0 Å². The number of aryl methyl sites for hydroxylation is 1. The first kappa shape index (κ1) is 16.2. The van der Waals surface area contributed by atoms with E-state index in [4.69, 9.17) is 5.11 Å². The molecule has 2 heterocycles. The van der Waals surface area contributed by atoms with Crippen LogP contribution in [0.1, 0.15) is 41.4 Å². The Morgan fingerprint density at radius 3 is 2.86 bits per heavy atom. The van der Waals surface area contributed by atoms with E-state index in [0.717, 1.165) is 11.3 Å². The molecule has 118 valence electrons. The van der Waals surface area contributed by atoms with Crippen molar-refractivity contribution in [3.8, 4) is 0 Å². The highest BCUT2D eigenvalue weighted by Crippen LogP contribution is 2.12. The van der Waals surface area contributed by atoms with Gasteiger partial charge in [-0.25, -0.2) is 9.78 Å². The predicted molar refractivity (Wildman–Crippen MR) is 82.5 cm³/mol. The highest BCUT2D eigenvalue weighted by molar-refractivity contribution is 7.16. The first-order valence-corrected chi connectivity index (χ1v) is 7.77. The minimum atomic E-state index is -1.11. The number of carbonyl (C=O) groups excluding carboxylic acids is 1. The quantitative estimate of drug-likeness (QED) is 0.837. The number of amides is 1. The lowest BCUT2D eigenvalue weighted by atomic mass is 10.1. The number of nitrogens with one attached hydrogen (secondary N) is 1. The maximum absolute atomic E-state index is 12.3. The summed E-state index contributed by atoms with van der Waals surface area (Å²) in [6.07, 6.45) is 4.63. The highest BCUT2D eigenvalue weighted by Gasteiger charge is 2.22. The van der Waals surface area contributed by atoms with Crippen molar-refractivity contribution in [2.45, 2.75) is 39.2 Å². The van der Waals surface area contributed by atoms with Crippen LogP contribution in [0.15, 0.2) is 17.2 Å². The summed E-state index contributed by atoms with van der Waals surface area (Å²) in [5.74, 6) is -1.82. The molecule has 1 amide bonds. The van der Waals surface area contributed by atoms with Crippen molar-refractivity contribution >= 4 is 28.2 Å². The van der Waals surface area contributed by atoms with Gasteiger partial charge in [0.15, 0.2) is 4.96 Å². The van der Waals surface area contributed by atoms with E-state index >= 15 is 0 Å². The molecule has 7 nitrogen and oxygen atoms in total. The van der Waals surface area contributed by atoms with Crippen LogP contribution in [0, 0.1) is 6.92 Å². The summed E-state index contributed by atoms with van der Waals surface area (Å²) in [5, 5.41) is 11.5. The normalized spacial score (nSPS) is 12.3. The standard InChI is InChI=1S/C14H17N3O4S/c1-3-4-5-10(13(20)21)16-11(18)9-6-15-14-17(12(9)19)7-8(2)22-14/h6-7,10H,3-5H2,1-2H3,(H,16,18)(H,20,21)/t10-/m0/s1. The number of thiazole rings is 1. The number of rotatable bonds is 6. The van der Waals surface area contributed by atoms with E-state index in [1.807, 2.05) is 13.8 Å². The fraction of sp³-hybridized carbons (Fsp3) is 0.429. The summed E-state index contributed by atoms with van der Waals surface area (Å²) in [7, 11) is 0. The number of hydrogen-bond donors (Lipinski definition) is 2. The molecule has 0 radical (unpaired) electrons. The molecule has 8 heteroatoms. The molecule has 2 aromatic rings. The Labute approximate surface area is 130 Å². The van der Waals surface area contributed by atoms with Crippen LogP contribution in [0.3, 0.4) is 0 Å². The second-order valence-corrected chi connectivity index (χ2v) is 6.19. The second-order valence-electron chi connectivity index (χ2n) is 4.98. The first-order chi connectivity index (χ1) is 10.4. The van der Waals surface area contributed by atoms with Gasteiger partial charge in [0, 0.05) is 17.3 Å². The zero-order valence-electron chi connectivity index (χ0n) is 12.3. The lowest BCUT2D eigenvalue weighted by Gasteiger charge is -2.13. The Morgan fingerprint density at radius 2 is 2.23 bits per heavy atom. The Bertz CT molecular complexity index is 765. The molecule has 2 aromatic heterocycles. The molecule has 0 aliphatic rings.